The number of anilines is 1. The number of benzene rings is 2. The third-order valence-electron chi connectivity index (χ3n) is 5.40. The zero-order valence-electron chi connectivity index (χ0n) is 19.5. The molecule has 0 aliphatic rings. The van der Waals surface area contributed by atoms with Crippen molar-refractivity contribution in [1.82, 2.24) is 10.3 Å². The Bertz CT molecular complexity index is 1080. The van der Waals surface area contributed by atoms with Crippen LogP contribution in [0.4, 0.5) is 5.69 Å². The minimum atomic E-state index is -0.312. The lowest BCUT2D eigenvalue weighted by atomic mass is 9.99. The standard InChI is InChI=1S/C26H30N4O3/c1-5-18(2)20-6-9-22(10-7-20)29-26(28-17-19-12-14-27-15-13-19)30-25(31)21-8-11-23(32-3)24(16-21)33-4/h6-16,18H,5,17H2,1-4H3,(H2,28,29,30,31)/t18-/m1/s1. The van der Waals surface area contributed by atoms with E-state index in [-0.39, 0.29) is 5.91 Å². The van der Waals surface area contributed by atoms with Crippen molar-refractivity contribution < 1.29 is 14.3 Å². The van der Waals surface area contributed by atoms with Gasteiger partial charge in [-0.2, -0.15) is 0 Å². The molecule has 1 amide bonds. The molecular weight excluding hydrogens is 416 g/mol. The summed E-state index contributed by atoms with van der Waals surface area (Å²) in [6, 6.07) is 16.9. The molecule has 0 bridgehead atoms. The Kier molecular flexibility index (Phi) is 8.41. The number of hydrogen-bond donors (Lipinski definition) is 2. The number of rotatable bonds is 8. The lowest BCUT2D eigenvalue weighted by molar-refractivity contribution is 0.0976. The summed E-state index contributed by atoms with van der Waals surface area (Å²) in [6.07, 6.45) is 4.51. The average Bonchev–Trinajstić information content (AvgIpc) is 2.87. The Balaban J connectivity index is 1.81. The highest BCUT2D eigenvalue weighted by atomic mass is 16.5. The van der Waals surface area contributed by atoms with Gasteiger partial charge in [0.2, 0.25) is 5.96 Å². The average molecular weight is 447 g/mol. The van der Waals surface area contributed by atoms with Crippen molar-refractivity contribution in [3.8, 4) is 11.5 Å². The summed E-state index contributed by atoms with van der Waals surface area (Å²) in [5.74, 6) is 1.56. The van der Waals surface area contributed by atoms with Crippen LogP contribution in [0.25, 0.3) is 0 Å². The first-order chi connectivity index (χ1) is 16.0. The maximum atomic E-state index is 13.0. The van der Waals surface area contributed by atoms with Crippen molar-refractivity contribution in [3.63, 3.8) is 0 Å². The number of guanidine groups is 1. The van der Waals surface area contributed by atoms with E-state index in [0.29, 0.717) is 35.5 Å². The number of amides is 1. The second kappa shape index (κ2) is 11.7. The zero-order chi connectivity index (χ0) is 23.6. The van der Waals surface area contributed by atoms with E-state index < -0.39 is 0 Å². The maximum absolute atomic E-state index is 13.0. The van der Waals surface area contributed by atoms with Crippen LogP contribution in [0.3, 0.4) is 0 Å². The lowest BCUT2D eigenvalue weighted by Gasteiger charge is -2.14. The number of ether oxygens (including phenoxy) is 2. The minimum Gasteiger partial charge on any atom is -0.493 e. The van der Waals surface area contributed by atoms with E-state index in [1.807, 2.05) is 24.3 Å². The van der Waals surface area contributed by atoms with Gasteiger partial charge < -0.3 is 14.8 Å². The molecule has 3 aromatic rings. The van der Waals surface area contributed by atoms with Crippen LogP contribution >= 0.6 is 0 Å². The Morgan fingerprint density at radius 2 is 1.70 bits per heavy atom. The van der Waals surface area contributed by atoms with Crippen molar-refractivity contribution in [1.29, 1.82) is 0 Å². The van der Waals surface area contributed by atoms with Gasteiger partial charge in [-0.15, -0.1) is 0 Å². The van der Waals surface area contributed by atoms with E-state index in [2.05, 4.69) is 46.6 Å². The van der Waals surface area contributed by atoms with E-state index in [4.69, 9.17) is 9.47 Å². The van der Waals surface area contributed by atoms with Gasteiger partial charge in [0.05, 0.1) is 20.8 Å². The van der Waals surface area contributed by atoms with Gasteiger partial charge in [0.1, 0.15) is 0 Å². The summed E-state index contributed by atoms with van der Waals surface area (Å²) >= 11 is 0. The second-order valence-corrected chi connectivity index (χ2v) is 7.60. The minimum absolute atomic E-state index is 0.312. The number of carbonyl (C=O) groups excluding carboxylic acids is 1. The second-order valence-electron chi connectivity index (χ2n) is 7.60. The maximum Gasteiger partial charge on any atom is 0.258 e. The Labute approximate surface area is 194 Å². The molecule has 33 heavy (non-hydrogen) atoms. The van der Waals surface area contributed by atoms with Gasteiger partial charge in [-0.3, -0.25) is 15.1 Å². The predicted molar refractivity (Wildman–Crippen MR) is 131 cm³/mol. The predicted octanol–water partition coefficient (Wildman–Crippen LogP) is 5.01. The molecule has 1 atom stereocenters. The molecule has 7 heteroatoms. The summed E-state index contributed by atoms with van der Waals surface area (Å²) in [6.45, 7) is 4.76. The first-order valence-corrected chi connectivity index (χ1v) is 10.9. The first kappa shape index (κ1) is 23.8. The Hall–Kier alpha value is -3.87. The number of carbonyl (C=O) groups is 1. The smallest absolute Gasteiger partial charge is 0.258 e. The molecule has 1 aromatic heterocycles. The third-order valence-corrected chi connectivity index (χ3v) is 5.40. The highest BCUT2D eigenvalue weighted by molar-refractivity contribution is 6.10. The monoisotopic (exact) mass is 446 g/mol. The number of hydrogen-bond acceptors (Lipinski definition) is 5. The van der Waals surface area contributed by atoms with Crippen LogP contribution in [0.1, 0.15) is 47.7 Å². The lowest BCUT2D eigenvalue weighted by Crippen LogP contribution is -2.36. The third kappa shape index (κ3) is 6.55. The van der Waals surface area contributed by atoms with E-state index in [9.17, 15) is 4.79 Å². The topological polar surface area (TPSA) is 84.8 Å². The van der Waals surface area contributed by atoms with Crippen molar-refractivity contribution in [2.75, 3.05) is 19.5 Å². The van der Waals surface area contributed by atoms with Crippen LogP contribution in [-0.4, -0.2) is 31.1 Å². The summed E-state index contributed by atoms with van der Waals surface area (Å²) in [5.41, 5.74) is 3.52. The van der Waals surface area contributed by atoms with Crippen LogP contribution in [0.5, 0.6) is 11.5 Å². The van der Waals surface area contributed by atoms with E-state index in [1.54, 1.807) is 37.7 Å². The number of methoxy groups -OCH3 is 2. The fourth-order valence-electron chi connectivity index (χ4n) is 3.19. The SMILES string of the molecule is CC[C@@H](C)c1ccc(NC(=NCc2ccncc2)NC(=O)c2ccc(OC)c(OC)c2)cc1. The summed E-state index contributed by atoms with van der Waals surface area (Å²) in [4.78, 5) is 21.6. The molecule has 0 fully saturated rings. The molecular formula is C26H30N4O3. The van der Waals surface area contributed by atoms with Crippen molar-refractivity contribution in [2.45, 2.75) is 32.7 Å². The summed E-state index contributed by atoms with van der Waals surface area (Å²) < 4.78 is 10.6. The fraction of sp³-hybridized carbons (Fsp3) is 0.269. The van der Waals surface area contributed by atoms with Crippen molar-refractivity contribution in [2.24, 2.45) is 4.99 Å². The van der Waals surface area contributed by atoms with Crippen LogP contribution < -0.4 is 20.1 Å². The fourth-order valence-corrected chi connectivity index (χ4v) is 3.19. The molecule has 0 spiro atoms. The zero-order valence-corrected chi connectivity index (χ0v) is 19.5. The number of pyridine rings is 1. The van der Waals surface area contributed by atoms with E-state index in [1.165, 1.54) is 12.7 Å². The molecule has 0 aliphatic heterocycles. The summed E-state index contributed by atoms with van der Waals surface area (Å²) in [7, 11) is 3.09. The molecule has 3 rings (SSSR count). The molecule has 0 saturated heterocycles. The van der Waals surface area contributed by atoms with Crippen molar-refractivity contribution in [3.05, 3.63) is 83.7 Å². The van der Waals surface area contributed by atoms with Gasteiger partial charge in [0.15, 0.2) is 11.5 Å². The van der Waals surface area contributed by atoms with Crippen molar-refractivity contribution >= 4 is 17.6 Å². The highest BCUT2D eigenvalue weighted by Crippen LogP contribution is 2.27. The van der Waals surface area contributed by atoms with Gasteiger partial charge in [-0.05, 0) is 65.9 Å². The van der Waals surface area contributed by atoms with Crippen LogP contribution in [0, 0.1) is 0 Å². The van der Waals surface area contributed by atoms with Crippen LogP contribution in [0.15, 0.2) is 72.0 Å². The quantitative estimate of drug-likeness (QED) is 0.375. The molecule has 0 unspecified atom stereocenters. The van der Waals surface area contributed by atoms with E-state index in [0.717, 1.165) is 17.7 Å². The Morgan fingerprint density at radius 1 is 1.00 bits per heavy atom. The molecule has 0 saturated carbocycles. The summed E-state index contributed by atoms with van der Waals surface area (Å²) in [5, 5.41) is 6.11. The normalized spacial score (nSPS) is 12.1. The molecule has 0 aliphatic carbocycles. The largest absolute Gasteiger partial charge is 0.493 e. The van der Waals surface area contributed by atoms with E-state index >= 15 is 0 Å². The number of aromatic nitrogens is 1. The van der Waals surface area contributed by atoms with Gasteiger partial charge >= 0.3 is 0 Å². The molecule has 0 radical (unpaired) electrons. The number of aliphatic imine (C=N–C) groups is 1. The van der Waals surface area contributed by atoms with Gasteiger partial charge in [-0.1, -0.05) is 26.0 Å². The van der Waals surface area contributed by atoms with Gasteiger partial charge in [-0.25, -0.2) is 4.99 Å². The molecule has 2 N–H and O–H groups in total. The highest BCUT2D eigenvalue weighted by Gasteiger charge is 2.13. The first-order valence-electron chi connectivity index (χ1n) is 10.9. The number of nitrogens with one attached hydrogen (secondary N) is 2. The molecule has 172 valence electrons. The molecule has 7 nitrogen and oxygen atoms in total. The van der Waals surface area contributed by atoms with Crippen LogP contribution in [-0.2, 0) is 6.54 Å². The molecule has 2 aromatic carbocycles. The van der Waals surface area contributed by atoms with Gasteiger partial charge in [0.25, 0.3) is 5.91 Å². The van der Waals surface area contributed by atoms with Gasteiger partial charge in [0, 0.05) is 23.6 Å². The number of nitrogens with zero attached hydrogens (tertiary/aromatic N) is 2. The Morgan fingerprint density at radius 3 is 2.33 bits per heavy atom. The van der Waals surface area contributed by atoms with Crippen LogP contribution in [0.2, 0.25) is 0 Å². The molecule has 1 heterocycles.